The molecule has 1 aliphatic carbocycles. The van der Waals surface area contributed by atoms with Gasteiger partial charge in [-0.2, -0.15) is 0 Å². The number of unbranched alkanes of at least 4 members (excludes halogenated alkanes) is 2. The molecule has 0 bridgehead atoms. The number of phenols is 1. The van der Waals surface area contributed by atoms with E-state index in [9.17, 15) is 5.11 Å². The van der Waals surface area contributed by atoms with Gasteiger partial charge in [-0.1, -0.05) is 55.3 Å². The molecule has 1 aromatic rings. The highest BCUT2D eigenvalue weighted by molar-refractivity contribution is 8.23. The Labute approximate surface area is 210 Å². The Morgan fingerprint density at radius 3 is 2.64 bits per heavy atom. The van der Waals surface area contributed by atoms with Crippen LogP contribution in [0.25, 0.3) is 0 Å². The van der Waals surface area contributed by atoms with E-state index in [-0.39, 0.29) is 16.6 Å². The van der Waals surface area contributed by atoms with E-state index < -0.39 is 0 Å². The quantitative estimate of drug-likeness (QED) is 0.167. The first-order valence-electron chi connectivity index (χ1n) is 12.3. The summed E-state index contributed by atoms with van der Waals surface area (Å²) >= 11 is 7.36. The number of aromatic hydroxyl groups is 1. The molecule has 2 unspecified atom stereocenters. The predicted octanol–water partition coefficient (Wildman–Crippen LogP) is 7.63. The Balaban J connectivity index is 1.95. The molecule has 1 N–H and O–H groups in total. The lowest BCUT2D eigenvalue weighted by molar-refractivity contribution is 0.424. The van der Waals surface area contributed by atoms with E-state index in [1.807, 2.05) is 6.07 Å². The van der Waals surface area contributed by atoms with E-state index in [0.717, 1.165) is 48.9 Å². The van der Waals surface area contributed by atoms with Crippen molar-refractivity contribution in [1.29, 1.82) is 0 Å². The number of hydrogen-bond acceptors (Lipinski definition) is 5. The third-order valence-electron chi connectivity index (χ3n) is 7.16. The summed E-state index contributed by atoms with van der Waals surface area (Å²) in [5.74, 6) is 1.35. The summed E-state index contributed by atoms with van der Waals surface area (Å²) in [4.78, 5) is 2.33. The van der Waals surface area contributed by atoms with Gasteiger partial charge in [-0.15, -0.1) is 0 Å². The standard InChI is InChI=1S/C28H41NO2S2/c1-8-9-10-11-20-15-23(30)26(22-14-19(4)12-13-21(22)18(2)3)24(16-20)31-27(32)33-28(5,6)25-17-29(25)7/h14-16,21-22,25,30H,2,8-13,17H2,1,3-7H3/t21-,22+,25?,29?/m0/s1. The number of rotatable bonds is 9. The maximum atomic E-state index is 11.2. The van der Waals surface area contributed by atoms with E-state index in [1.165, 1.54) is 18.4 Å². The van der Waals surface area contributed by atoms with Crippen LogP contribution >= 0.6 is 24.0 Å². The van der Waals surface area contributed by atoms with Crippen LogP contribution < -0.4 is 4.74 Å². The molecule has 1 saturated heterocycles. The second-order valence-corrected chi connectivity index (χ2v) is 12.8. The minimum atomic E-state index is -0.0195. The zero-order chi connectivity index (χ0) is 24.3. The predicted molar refractivity (Wildman–Crippen MR) is 147 cm³/mol. The molecule has 1 aliphatic heterocycles. The van der Waals surface area contributed by atoms with Gasteiger partial charge < -0.3 is 9.84 Å². The van der Waals surface area contributed by atoms with Crippen molar-refractivity contribution in [2.24, 2.45) is 5.92 Å². The molecule has 3 rings (SSSR count). The highest BCUT2D eigenvalue weighted by Crippen LogP contribution is 2.48. The van der Waals surface area contributed by atoms with Crippen LogP contribution in [0.15, 0.2) is 35.9 Å². The molecule has 5 heteroatoms. The number of benzene rings is 1. The Kier molecular flexibility index (Phi) is 8.74. The summed E-state index contributed by atoms with van der Waals surface area (Å²) in [6.45, 7) is 16.3. The van der Waals surface area contributed by atoms with Crippen LogP contribution in [0.4, 0.5) is 0 Å². The monoisotopic (exact) mass is 487 g/mol. The van der Waals surface area contributed by atoms with Crippen molar-refractivity contribution < 1.29 is 9.84 Å². The van der Waals surface area contributed by atoms with Crippen LogP contribution in [0.2, 0.25) is 0 Å². The van der Waals surface area contributed by atoms with Gasteiger partial charge in [0, 0.05) is 28.8 Å². The first-order valence-corrected chi connectivity index (χ1v) is 13.6. The smallest absolute Gasteiger partial charge is 0.226 e. The molecule has 1 aromatic carbocycles. The third-order valence-corrected chi connectivity index (χ3v) is 8.55. The van der Waals surface area contributed by atoms with Crippen molar-refractivity contribution in [2.45, 2.75) is 89.9 Å². The Morgan fingerprint density at radius 2 is 2.03 bits per heavy atom. The lowest BCUT2D eigenvalue weighted by Gasteiger charge is -2.32. The van der Waals surface area contributed by atoms with Gasteiger partial charge in [0.15, 0.2) is 0 Å². The first kappa shape index (κ1) is 26.3. The molecule has 0 radical (unpaired) electrons. The van der Waals surface area contributed by atoms with Gasteiger partial charge >= 0.3 is 0 Å². The van der Waals surface area contributed by atoms with Crippen LogP contribution in [0, 0.1) is 5.92 Å². The Hall–Kier alpha value is -1.30. The fourth-order valence-electron chi connectivity index (χ4n) is 5.09. The number of likely N-dealkylation sites (N-methyl/N-ethyl adjacent to an activating group) is 1. The van der Waals surface area contributed by atoms with Crippen molar-refractivity contribution in [1.82, 2.24) is 4.90 Å². The molecule has 0 amide bonds. The van der Waals surface area contributed by atoms with E-state index >= 15 is 0 Å². The van der Waals surface area contributed by atoms with E-state index in [2.05, 4.69) is 65.3 Å². The number of aryl methyl sites for hydroxylation is 1. The molecular weight excluding hydrogens is 446 g/mol. The average Bonchev–Trinajstić information content (AvgIpc) is 3.45. The highest BCUT2D eigenvalue weighted by Gasteiger charge is 2.44. The van der Waals surface area contributed by atoms with Gasteiger partial charge in [0.2, 0.25) is 4.38 Å². The fraction of sp³-hybridized carbons (Fsp3) is 0.607. The van der Waals surface area contributed by atoms with Gasteiger partial charge in [0.25, 0.3) is 0 Å². The number of thioether (sulfide) groups is 1. The Morgan fingerprint density at radius 1 is 1.33 bits per heavy atom. The van der Waals surface area contributed by atoms with Crippen molar-refractivity contribution in [2.75, 3.05) is 13.6 Å². The molecule has 3 nitrogen and oxygen atoms in total. The van der Waals surface area contributed by atoms with Crippen LogP contribution in [0.1, 0.15) is 83.8 Å². The van der Waals surface area contributed by atoms with Crippen LogP contribution in [0.5, 0.6) is 11.5 Å². The normalized spacial score (nSPS) is 24.8. The molecule has 33 heavy (non-hydrogen) atoms. The molecule has 2 aliphatic rings. The van der Waals surface area contributed by atoms with Crippen molar-refractivity contribution in [3.05, 3.63) is 47.1 Å². The molecule has 1 heterocycles. The summed E-state index contributed by atoms with van der Waals surface area (Å²) in [6, 6.07) is 4.56. The van der Waals surface area contributed by atoms with Crippen molar-refractivity contribution in [3.63, 3.8) is 0 Å². The minimum Gasteiger partial charge on any atom is -0.507 e. The number of allylic oxidation sites excluding steroid dienone is 3. The SMILES string of the molecule is C=C(C)[C@@H]1CCC(C)=C[C@H]1c1c(O)cc(CCCCC)cc1OC(=S)SC(C)(C)C1CN1C. The molecule has 0 saturated carbocycles. The summed E-state index contributed by atoms with van der Waals surface area (Å²) in [7, 11) is 2.14. The fourth-order valence-corrected chi connectivity index (χ4v) is 6.77. The van der Waals surface area contributed by atoms with Gasteiger partial charge in [0.05, 0.1) is 0 Å². The number of ether oxygens (including phenoxy) is 1. The lowest BCUT2D eigenvalue weighted by Crippen LogP contribution is -2.28. The lowest BCUT2D eigenvalue weighted by atomic mass is 9.73. The number of thiocarbonyl (C=S) groups is 1. The third kappa shape index (κ3) is 6.64. The van der Waals surface area contributed by atoms with Crippen LogP contribution in [-0.2, 0) is 6.42 Å². The Bertz CT molecular complexity index is 921. The molecule has 1 fully saturated rings. The van der Waals surface area contributed by atoms with Crippen molar-refractivity contribution >= 4 is 28.4 Å². The molecule has 4 atom stereocenters. The second-order valence-electron chi connectivity index (χ2n) is 10.5. The summed E-state index contributed by atoms with van der Waals surface area (Å²) in [5, 5.41) is 11.2. The van der Waals surface area contributed by atoms with Crippen LogP contribution in [0.3, 0.4) is 0 Å². The van der Waals surface area contributed by atoms with Gasteiger partial charge in [-0.25, -0.2) is 0 Å². The highest BCUT2D eigenvalue weighted by atomic mass is 32.2. The molecular formula is C28H41NO2S2. The second kappa shape index (κ2) is 11.0. The number of nitrogens with zero attached hydrogens (tertiary/aromatic N) is 1. The van der Waals surface area contributed by atoms with E-state index in [1.54, 1.807) is 11.8 Å². The molecule has 0 aromatic heterocycles. The maximum Gasteiger partial charge on any atom is 0.226 e. The van der Waals surface area contributed by atoms with E-state index in [4.69, 9.17) is 17.0 Å². The molecule has 182 valence electrons. The summed E-state index contributed by atoms with van der Waals surface area (Å²) in [5.41, 5.74) is 4.46. The zero-order valence-corrected chi connectivity index (χ0v) is 22.9. The zero-order valence-electron chi connectivity index (χ0n) is 21.2. The maximum absolute atomic E-state index is 11.2. The largest absolute Gasteiger partial charge is 0.507 e. The van der Waals surface area contributed by atoms with Crippen LogP contribution in [-0.4, -0.2) is 38.8 Å². The minimum absolute atomic E-state index is 0.0195. The van der Waals surface area contributed by atoms with Gasteiger partial charge in [-0.3, -0.25) is 4.90 Å². The topological polar surface area (TPSA) is 32.5 Å². The summed E-state index contributed by atoms with van der Waals surface area (Å²) in [6.07, 6.45) is 8.78. The number of hydrogen-bond donors (Lipinski definition) is 1. The summed E-state index contributed by atoms with van der Waals surface area (Å²) < 4.78 is 6.90. The van der Waals surface area contributed by atoms with E-state index in [0.29, 0.717) is 21.9 Å². The first-order chi connectivity index (χ1) is 15.5. The average molecular weight is 488 g/mol. The van der Waals surface area contributed by atoms with Gasteiger partial charge in [-0.05, 0) is 96.3 Å². The van der Waals surface area contributed by atoms with Crippen molar-refractivity contribution in [3.8, 4) is 11.5 Å². The number of phenolic OH excluding ortho intramolecular Hbond substituents is 1. The van der Waals surface area contributed by atoms with Gasteiger partial charge in [0.1, 0.15) is 11.5 Å². The molecule has 0 spiro atoms.